The molecule has 1 N–H and O–H groups in total. The molecule has 0 bridgehead atoms. The average molecular weight is 568 g/mol. The molecule has 0 aliphatic heterocycles. The minimum absolute atomic E-state index is 0.207. The number of hydrogen-bond donors (Lipinski definition) is 1. The van der Waals surface area contributed by atoms with E-state index in [4.69, 9.17) is 5.11 Å². The maximum Gasteiger partial charge on any atom is 0.438 e. The minimum atomic E-state index is -9.01. The third-order valence-electron chi connectivity index (χ3n) is 4.27. The fraction of sp³-hybridized carbons (Fsp3) is 0.867. The normalized spacial score (nSPS) is 17.3. The molecule has 0 aliphatic rings. The zero-order valence-corrected chi connectivity index (χ0v) is 16.3. The van der Waals surface area contributed by atoms with Crippen molar-refractivity contribution in [1.29, 1.82) is 0 Å². The molecular formula is C15H11F19O. The third-order valence-corrected chi connectivity index (χ3v) is 4.27. The van der Waals surface area contributed by atoms with Crippen molar-refractivity contribution >= 4 is 0 Å². The molecule has 0 aromatic rings. The molecule has 20 heteroatoms. The molecular weight excluding hydrogens is 557 g/mol. The Bertz CT molecular complexity index is 743. The van der Waals surface area contributed by atoms with E-state index in [0.717, 1.165) is 6.92 Å². The van der Waals surface area contributed by atoms with Crippen molar-refractivity contribution in [2.45, 2.75) is 79.4 Å². The van der Waals surface area contributed by atoms with Crippen molar-refractivity contribution in [3.63, 3.8) is 0 Å². The molecule has 0 saturated carbocycles. The Kier molecular flexibility index (Phi) is 8.62. The van der Waals surface area contributed by atoms with Gasteiger partial charge in [-0.05, 0) is 13.3 Å². The fourth-order valence-electron chi connectivity index (χ4n) is 2.21. The smallest absolute Gasteiger partial charge is 0.393 e. The molecule has 0 aromatic heterocycles. The van der Waals surface area contributed by atoms with Crippen LogP contribution in [0.5, 0.6) is 0 Å². The molecule has 0 aliphatic carbocycles. The predicted octanol–water partition coefficient (Wildman–Crippen LogP) is 7.35. The quantitative estimate of drug-likeness (QED) is 0.216. The third kappa shape index (κ3) is 4.86. The van der Waals surface area contributed by atoms with Crippen molar-refractivity contribution in [1.82, 2.24) is 0 Å². The van der Waals surface area contributed by atoms with Crippen LogP contribution in [0.25, 0.3) is 0 Å². The van der Waals surface area contributed by atoms with Crippen molar-refractivity contribution in [2.75, 3.05) is 0 Å². The van der Waals surface area contributed by atoms with E-state index in [1.165, 1.54) is 0 Å². The van der Waals surface area contributed by atoms with Crippen LogP contribution in [-0.4, -0.2) is 64.8 Å². The Labute approximate surface area is 181 Å². The maximum absolute atomic E-state index is 13.6. The first-order chi connectivity index (χ1) is 14.9. The van der Waals surface area contributed by atoms with Gasteiger partial charge in [-0.3, -0.25) is 0 Å². The van der Waals surface area contributed by atoms with Crippen LogP contribution in [0, 0.1) is 0 Å². The highest BCUT2D eigenvalue weighted by atomic mass is 19.4. The van der Waals surface area contributed by atoms with Crippen molar-refractivity contribution < 1.29 is 88.5 Å². The summed E-state index contributed by atoms with van der Waals surface area (Å²) in [6, 6.07) is 0. The number of hydrogen-bond acceptors (Lipinski definition) is 1. The number of halogens is 19. The largest absolute Gasteiger partial charge is 0.438 e. The molecule has 1 unspecified atom stereocenters. The lowest BCUT2D eigenvalue weighted by Crippen LogP contribution is -2.77. The zero-order chi connectivity index (χ0) is 28.9. The van der Waals surface area contributed by atoms with Gasteiger partial charge < -0.3 is 5.11 Å². The summed E-state index contributed by atoms with van der Waals surface area (Å²) in [5.41, 5.74) is -8.74. The van der Waals surface area contributed by atoms with Crippen molar-refractivity contribution in [3.05, 3.63) is 12.2 Å². The summed E-state index contributed by atoms with van der Waals surface area (Å²) in [7, 11) is 0. The summed E-state index contributed by atoms with van der Waals surface area (Å²) in [6.07, 6.45) is -21.2. The molecule has 0 spiro atoms. The summed E-state index contributed by atoms with van der Waals surface area (Å²) in [6.45, 7) is 0.959. The molecule has 0 amide bonds. The Morgan fingerprint density at radius 1 is 0.514 bits per heavy atom. The van der Waals surface area contributed by atoms with Gasteiger partial charge in [-0.25, -0.2) is 4.39 Å². The average Bonchev–Trinajstić information content (AvgIpc) is 2.61. The topological polar surface area (TPSA) is 20.2 Å². The highest BCUT2D eigenvalue weighted by Crippen LogP contribution is 2.66. The lowest BCUT2D eigenvalue weighted by Gasteiger charge is -2.45. The van der Waals surface area contributed by atoms with Gasteiger partial charge in [-0.1, -0.05) is 12.2 Å². The molecule has 0 saturated heterocycles. The Morgan fingerprint density at radius 2 is 0.829 bits per heavy atom. The summed E-state index contributed by atoms with van der Waals surface area (Å²) in [5, 5.41) is 8.77. The second-order valence-corrected chi connectivity index (χ2v) is 6.99. The molecule has 0 heterocycles. The minimum Gasteiger partial charge on any atom is -0.393 e. The highest BCUT2D eigenvalue weighted by molar-refractivity contribution is 5.19. The van der Waals surface area contributed by atoms with E-state index in [1.54, 1.807) is 0 Å². The summed E-state index contributed by atoms with van der Waals surface area (Å²) in [5.74, 6) is -49.8. The van der Waals surface area contributed by atoms with E-state index in [2.05, 4.69) is 0 Å². The van der Waals surface area contributed by atoms with Crippen LogP contribution < -0.4 is 0 Å². The van der Waals surface area contributed by atoms with E-state index in [-0.39, 0.29) is 6.08 Å². The standard InChI is InChI=1S/C15H11F19O/c1-6(35)4-2-3-5-7(16,17)9(19,20)11(23,24)13(27,28)12(25,26)10(21,22)8(18,14(29,30)31)15(32,33)34/h2-3,6,35H,4-5H2,1H3. The van der Waals surface area contributed by atoms with Crippen LogP contribution in [0.4, 0.5) is 83.4 Å². The molecule has 1 atom stereocenters. The molecule has 210 valence electrons. The molecule has 0 rings (SSSR count). The molecule has 0 fully saturated rings. The first kappa shape index (κ1) is 33.4. The maximum atomic E-state index is 13.6. The second kappa shape index (κ2) is 9.04. The highest BCUT2D eigenvalue weighted by Gasteiger charge is 2.98. The van der Waals surface area contributed by atoms with Crippen LogP contribution in [0.3, 0.4) is 0 Å². The van der Waals surface area contributed by atoms with Gasteiger partial charge in [0.05, 0.1) is 6.10 Å². The lowest BCUT2D eigenvalue weighted by molar-refractivity contribution is -0.472. The van der Waals surface area contributed by atoms with E-state index < -0.39 is 72.5 Å². The van der Waals surface area contributed by atoms with Gasteiger partial charge in [-0.15, -0.1) is 0 Å². The van der Waals surface area contributed by atoms with Gasteiger partial charge in [0.25, 0.3) is 0 Å². The van der Waals surface area contributed by atoms with Crippen molar-refractivity contribution in [2.24, 2.45) is 0 Å². The number of allylic oxidation sites excluding steroid dienone is 1. The molecule has 0 aromatic carbocycles. The Morgan fingerprint density at radius 3 is 1.14 bits per heavy atom. The predicted molar refractivity (Wildman–Crippen MR) is 75.7 cm³/mol. The van der Waals surface area contributed by atoms with Gasteiger partial charge in [0.15, 0.2) is 0 Å². The van der Waals surface area contributed by atoms with Crippen LogP contribution in [0.2, 0.25) is 0 Å². The monoisotopic (exact) mass is 568 g/mol. The van der Waals surface area contributed by atoms with E-state index in [0.29, 0.717) is 6.08 Å². The van der Waals surface area contributed by atoms with E-state index in [1.807, 2.05) is 0 Å². The second-order valence-electron chi connectivity index (χ2n) is 6.99. The lowest BCUT2D eigenvalue weighted by atomic mass is 9.83. The Balaban J connectivity index is 6.81. The Hall–Kier alpha value is -1.63. The van der Waals surface area contributed by atoms with Crippen molar-refractivity contribution in [3.8, 4) is 0 Å². The molecule has 1 nitrogen and oxygen atoms in total. The van der Waals surface area contributed by atoms with Crippen LogP contribution in [-0.2, 0) is 0 Å². The fourth-order valence-corrected chi connectivity index (χ4v) is 2.21. The molecule has 0 radical (unpaired) electrons. The number of rotatable bonds is 10. The van der Waals surface area contributed by atoms with Crippen LogP contribution in [0.1, 0.15) is 19.8 Å². The van der Waals surface area contributed by atoms with E-state index in [9.17, 15) is 83.4 Å². The van der Waals surface area contributed by atoms with E-state index >= 15 is 0 Å². The summed E-state index contributed by atoms with van der Waals surface area (Å²) in [4.78, 5) is 0. The SMILES string of the molecule is CC(O)CC=CCC(F)(F)C(F)(F)C(F)(F)C(F)(F)C(F)(F)C(F)(F)C(F)(C(F)(F)F)C(F)(F)F. The zero-order valence-electron chi connectivity index (χ0n) is 16.3. The molecule has 35 heavy (non-hydrogen) atoms. The first-order valence-corrected chi connectivity index (χ1v) is 8.34. The van der Waals surface area contributed by atoms with Gasteiger partial charge in [0, 0.05) is 6.42 Å². The van der Waals surface area contributed by atoms with Gasteiger partial charge >= 0.3 is 53.6 Å². The summed E-state index contributed by atoms with van der Waals surface area (Å²) >= 11 is 0. The van der Waals surface area contributed by atoms with Gasteiger partial charge in [-0.2, -0.15) is 79.0 Å². The van der Waals surface area contributed by atoms with Gasteiger partial charge in [0.1, 0.15) is 0 Å². The van der Waals surface area contributed by atoms with Crippen LogP contribution in [0.15, 0.2) is 12.2 Å². The van der Waals surface area contributed by atoms with Crippen LogP contribution >= 0.6 is 0 Å². The number of alkyl halides is 19. The number of aliphatic hydroxyl groups is 1. The summed E-state index contributed by atoms with van der Waals surface area (Å²) < 4.78 is 250. The van der Waals surface area contributed by atoms with Gasteiger partial charge in [0.2, 0.25) is 0 Å². The first-order valence-electron chi connectivity index (χ1n) is 8.34. The number of aliphatic hydroxyl groups excluding tert-OH is 1.